The summed E-state index contributed by atoms with van der Waals surface area (Å²) in [5, 5.41) is 0.0285. The maximum absolute atomic E-state index is 15.3. The number of carbonyl (C=O) groups is 1. The highest BCUT2D eigenvalue weighted by molar-refractivity contribution is 5.79. The molecule has 5 rings (SSSR count). The van der Waals surface area contributed by atoms with Crippen LogP contribution in [-0.4, -0.2) is 48.8 Å². The highest BCUT2D eigenvalue weighted by Gasteiger charge is 2.29. The summed E-state index contributed by atoms with van der Waals surface area (Å²) in [5.41, 5.74) is 1.32. The lowest BCUT2D eigenvalue weighted by Crippen LogP contribution is -2.43. The van der Waals surface area contributed by atoms with E-state index in [0.29, 0.717) is 31.4 Å². The topological polar surface area (TPSA) is 82.2 Å². The molecular formula is C26H32FN5O3. The molecule has 0 spiro atoms. The summed E-state index contributed by atoms with van der Waals surface area (Å²) in [7, 11) is 0. The first-order valence-electron chi connectivity index (χ1n) is 12.3. The second-order valence-electron chi connectivity index (χ2n) is 10.7. The summed E-state index contributed by atoms with van der Waals surface area (Å²) < 4.78 is 24.4. The van der Waals surface area contributed by atoms with Gasteiger partial charge in [0.25, 0.3) is 5.56 Å². The fraction of sp³-hybridized carbons (Fsp3) is 0.538. The summed E-state index contributed by atoms with van der Waals surface area (Å²) in [5.74, 6) is 0.693. The fourth-order valence-electron chi connectivity index (χ4n) is 5.24. The monoisotopic (exact) mass is 481 g/mol. The molecule has 8 nitrogen and oxygen atoms in total. The summed E-state index contributed by atoms with van der Waals surface area (Å²) in [4.78, 5) is 36.3. The van der Waals surface area contributed by atoms with Gasteiger partial charge in [0.1, 0.15) is 22.6 Å². The lowest BCUT2D eigenvalue weighted by Gasteiger charge is -2.34. The number of fused-ring (bicyclic) bond motifs is 2. The number of piperidine rings is 1. The number of hydrogen-bond donors (Lipinski definition) is 0. The number of benzene rings is 1. The van der Waals surface area contributed by atoms with Crippen LogP contribution in [0, 0.1) is 12.7 Å². The maximum Gasteiger partial charge on any atom is 0.410 e. The fourth-order valence-corrected chi connectivity index (χ4v) is 5.24. The molecule has 2 aromatic heterocycles. The molecule has 0 aliphatic carbocycles. The number of hydrogen-bond acceptors (Lipinski definition) is 5. The van der Waals surface area contributed by atoms with Crippen molar-refractivity contribution in [3.05, 3.63) is 57.9 Å². The second-order valence-corrected chi connectivity index (χ2v) is 10.7. The average molecular weight is 482 g/mol. The zero-order valence-electron chi connectivity index (χ0n) is 20.8. The molecule has 9 heteroatoms. The van der Waals surface area contributed by atoms with Crippen LogP contribution in [0.25, 0.3) is 10.9 Å². The highest BCUT2D eigenvalue weighted by Crippen LogP contribution is 2.31. The number of amides is 1. The number of rotatable bonds is 2. The minimum atomic E-state index is -0.554. The maximum atomic E-state index is 15.3. The first-order valence-corrected chi connectivity index (χ1v) is 12.3. The van der Waals surface area contributed by atoms with Crippen molar-refractivity contribution in [3.63, 3.8) is 0 Å². The Hall–Kier alpha value is -3.23. The Morgan fingerprint density at radius 1 is 1.17 bits per heavy atom. The number of aryl methyl sites for hydroxylation is 2. The molecule has 1 unspecified atom stereocenters. The van der Waals surface area contributed by atoms with E-state index in [1.165, 1.54) is 17.0 Å². The number of halogens is 1. The van der Waals surface area contributed by atoms with Gasteiger partial charge in [-0.25, -0.2) is 19.2 Å². The van der Waals surface area contributed by atoms with Crippen LogP contribution in [0.4, 0.5) is 9.18 Å². The average Bonchev–Trinajstić information content (AvgIpc) is 3.17. The molecular weight excluding hydrogens is 449 g/mol. The minimum Gasteiger partial charge on any atom is -0.444 e. The molecule has 1 amide bonds. The number of aromatic nitrogens is 4. The number of nitrogens with zero attached hydrogens (tertiary/aromatic N) is 5. The van der Waals surface area contributed by atoms with E-state index in [4.69, 9.17) is 4.74 Å². The molecule has 0 bridgehead atoms. The van der Waals surface area contributed by atoms with Crippen LogP contribution in [-0.2, 0) is 17.7 Å². The van der Waals surface area contributed by atoms with Gasteiger partial charge < -0.3 is 14.2 Å². The van der Waals surface area contributed by atoms with Crippen molar-refractivity contribution in [2.24, 2.45) is 0 Å². The van der Waals surface area contributed by atoms with Gasteiger partial charge in [-0.2, -0.15) is 0 Å². The van der Waals surface area contributed by atoms with Crippen LogP contribution in [0.2, 0.25) is 0 Å². The van der Waals surface area contributed by atoms with Crippen molar-refractivity contribution in [2.75, 3.05) is 13.1 Å². The van der Waals surface area contributed by atoms with Crippen LogP contribution in [0.3, 0.4) is 0 Å². The molecule has 1 fully saturated rings. The van der Waals surface area contributed by atoms with E-state index in [-0.39, 0.29) is 29.0 Å². The standard InChI is InChI=1S/C26H32FN5O3/c1-16-13-31-14-17(5-6-22(31)29-16)18-11-20(27)23-21(12-18)28-15-32(24(23)33)19-7-9-30(10-8-19)25(34)35-26(2,3)4/h11-13,15,17,19H,5-10,14H2,1-4H3. The largest absolute Gasteiger partial charge is 0.444 e. The van der Waals surface area contributed by atoms with Gasteiger partial charge in [-0.3, -0.25) is 9.36 Å². The third-order valence-corrected chi connectivity index (χ3v) is 6.96. The van der Waals surface area contributed by atoms with Crippen molar-refractivity contribution in [3.8, 4) is 0 Å². The lowest BCUT2D eigenvalue weighted by molar-refractivity contribution is 0.0187. The Balaban J connectivity index is 1.35. The molecule has 1 saturated heterocycles. The van der Waals surface area contributed by atoms with Crippen molar-refractivity contribution in [1.82, 2.24) is 24.0 Å². The Kier molecular flexibility index (Phi) is 5.89. The Labute approximate surface area is 203 Å². The minimum absolute atomic E-state index is 0.0285. The smallest absolute Gasteiger partial charge is 0.410 e. The first kappa shape index (κ1) is 23.5. The molecule has 0 N–H and O–H groups in total. The third kappa shape index (κ3) is 4.68. The summed E-state index contributed by atoms with van der Waals surface area (Å²) in [6.07, 6.45) is 6.11. The molecule has 2 aliphatic rings. The zero-order chi connectivity index (χ0) is 24.9. The zero-order valence-corrected chi connectivity index (χ0v) is 20.8. The third-order valence-electron chi connectivity index (χ3n) is 6.96. The molecule has 2 aliphatic heterocycles. The second kappa shape index (κ2) is 8.77. The quantitative estimate of drug-likeness (QED) is 0.544. The van der Waals surface area contributed by atoms with E-state index in [1.807, 2.05) is 40.0 Å². The van der Waals surface area contributed by atoms with Gasteiger partial charge in [0.15, 0.2) is 0 Å². The van der Waals surface area contributed by atoms with Gasteiger partial charge in [-0.05, 0) is 64.7 Å². The van der Waals surface area contributed by atoms with Gasteiger partial charge in [-0.15, -0.1) is 0 Å². The number of ether oxygens (including phenoxy) is 1. The predicted molar refractivity (Wildman–Crippen MR) is 130 cm³/mol. The first-order chi connectivity index (χ1) is 16.6. The summed E-state index contributed by atoms with van der Waals surface area (Å²) in [6.45, 7) is 9.18. The molecule has 4 heterocycles. The van der Waals surface area contributed by atoms with Crippen LogP contribution < -0.4 is 5.56 Å². The van der Waals surface area contributed by atoms with Gasteiger partial charge >= 0.3 is 6.09 Å². The molecule has 0 saturated carbocycles. The van der Waals surface area contributed by atoms with Crippen LogP contribution in [0.1, 0.15) is 69.1 Å². The van der Waals surface area contributed by atoms with E-state index >= 15 is 4.39 Å². The van der Waals surface area contributed by atoms with Gasteiger partial charge in [0.05, 0.1) is 17.5 Å². The lowest BCUT2D eigenvalue weighted by atomic mass is 9.91. The number of imidazole rings is 1. The Morgan fingerprint density at radius 3 is 2.63 bits per heavy atom. The predicted octanol–water partition coefficient (Wildman–Crippen LogP) is 4.34. The number of carbonyl (C=O) groups excluding carboxylic acids is 1. The van der Waals surface area contributed by atoms with E-state index in [9.17, 15) is 9.59 Å². The SMILES string of the molecule is Cc1cn2c(n1)CCC(c1cc(F)c3c(=O)n(C4CCN(C(=O)OC(C)(C)C)CC4)cnc3c1)C2. The number of likely N-dealkylation sites (tertiary alicyclic amines) is 1. The van der Waals surface area contributed by atoms with Crippen molar-refractivity contribution >= 4 is 17.0 Å². The van der Waals surface area contributed by atoms with Crippen LogP contribution in [0.15, 0.2) is 29.5 Å². The Morgan fingerprint density at radius 2 is 1.91 bits per heavy atom. The normalized spacial score (nSPS) is 19.1. The van der Waals surface area contributed by atoms with E-state index < -0.39 is 11.4 Å². The molecule has 0 radical (unpaired) electrons. The highest BCUT2D eigenvalue weighted by atomic mass is 19.1. The van der Waals surface area contributed by atoms with E-state index in [0.717, 1.165) is 36.5 Å². The van der Waals surface area contributed by atoms with Crippen LogP contribution >= 0.6 is 0 Å². The molecule has 3 aromatic rings. The molecule has 1 atom stereocenters. The van der Waals surface area contributed by atoms with Crippen LogP contribution in [0.5, 0.6) is 0 Å². The van der Waals surface area contributed by atoms with Gasteiger partial charge in [0.2, 0.25) is 0 Å². The van der Waals surface area contributed by atoms with Gasteiger partial charge in [-0.1, -0.05) is 0 Å². The van der Waals surface area contributed by atoms with Gasteiger partial charge in [0, 0.05) is 44.2 Å². The summed E-state index contributed by atoms with van der Waals surface area (Å²) >= 11 is 0. The summed E-state index contributed by atoms with van der Waals surface area (Å²) in [6, 6.07) is 3.22. The molecule has 1 aromatic carbocycles. The van der Waals surface area contributed by atoms with E-state index in [1.54, 1.807) is 4.90 Å². The van der Waals surface area contributed by atoms with Crippen molar-refractivity contribution in [2.45, 2.75) is 77.5 Å². The van der Waals surface area contributed by atoms with E-state index in [2.05, 4.69) is 14.5 Å². The molecule has 186 valence electrons. The van der Waals surface area contributed by atoms with Crippen molar-refractivity contribution in [1.29, 1.82) is 0 Å². The Bertz CT molecular complexity index is 1330. The van der Waals surface area contributed by atoms with Crippen molar-refractivity contribution < 1.29 is 13.9 Å². The molecule has 35 heavy (non-hydrogen) atoms.